The van der Waals surface area contributed by atoms with Gasteiger partial charge in [-0.25, -0.2) is 4.79 Å². The molecule has 0 fully saturated rings. The monoisotopic (exact) mass is 312 g/mol. The summed E-state index contributed by atoms with van der Waals surface area (Å²) in [6.45, 7) is 2.20. The molecule has 0 amide bonds. The van der Waals surface area contributed by atoms with Crippen molar-refractivity contribution >= 4 is 23.7 Å². The lowest BCUT2D eigenvalue weighted by atomic mass is 10.1. The molecule has 0 unspecified atom stereocenters. The highest BCUT2D eigenvalue weighted by molar-refractivity contribution is 7.98. The summed E-state index contributed by atoms with van der Waals surface area (Å²) in [7, 11) is 2.90. The van der Waals surface area contributed by atoms with Gasteiger partial charge in [-0.2, -0.15) is 11.8 Å². The highest BCUT2D eigenvalue weighted by Crippen LogP contribution is 2.25. The molecule has 0 aliphatic rings. The van der Waals surface area contributed by atoms with E-state index < -0.39 is 5.97 Å². The van der Waals surface area contributed by atoms with E-state index in [2.05, 4.69) is 4.74 Å². The molecule has 5 nitrogen and oxygen atoms in total. The average molecular weight is 312 g/mol. The van der Waals surface area contributed by atoms with Gasteiger partial charge < -0.3 is 14.2 Å². The maximum Gasteiger partial charge on any atom is 0.337 e. The first-order valence-electron chi connectivity index (χ1n) is 6.61. The predicted octanol–water partition coefficient (Wildman–Crippen LogP) is 2.67. The topological polar surface area (TPSA) is 61.8 Å². The molecule has 0 bridgehead atoms. The normalized spacial score (nSPS) is 10.0. The maximum absolute atomic E-state index is 11.5. The highest BCUT2D eigenvalue weighted by atomic mass is 32.2. The van der Waals surface area contributed by atoms with Gasteiger partial charge in [0.05, 0.1) is 32.8 Å². The van der Waals surface area contributed by atoms with Gasteiger partial charge in [0.15, 0.2) is 0 Å². The Kier molecular flexibility index (Phi) is 7.68. The first-order chi connectivity index (χ1) is 10.1. The van der Waals surface area contributed by atoms with E-state index in [1.807, 2.05) is 6.07 Å². The van der Waals surface area contributed by atoms with Gasteiger partial charge in [-0.15, -0.1) is 0 Å². The third kappa shape index (κ3) is 5.67. The van der Waals surface area contributed by atoms with Crippen molar-refractivity contribution in [1.29, 1.82) is 0 Å². The molecule has 116 valence electrons. The fourth-order valence-corrected chi connectivity index (χ4v) is 2.59. The van der Waals surface area contributed by atoms with Crippen LogP contribution < -0.4 is 4.74 Å². The number of hydrogen-bond donors (Lipinski definition) is 0. The van der Waals surface area contributed by atoms with Crippen molar-refractivity contribution in [3.63, 3.8) is 0 Å². The highest BCUT2D eigenvalue weighted by Gasteiger charge is 2.10. The van der Waals surface area contributed by atoms with Crippen LogP contribution in [0.2, 0.25) is 0 Å². The fraction of sp³-hybridized carbons (Fsp3) is 0.467. The summed E-state index contributed by atoms with van der Waals surface area (Å²) in [5, 5.41) is 0. The molecule has 21 heavy (non-hydrogen) atoms. The van der Waals surface area contributed by atoms with Crippen molar-refractivity contribution in [3.8, 4) is 5.75 Å². The maximum atomic E-state index is 11.5. The standard InChI is InChI=1S/C15H20O5S/c1-4-20-14(16)7-8-21-10-12-6-5-11(15(17)19-3)9-13(12)18-2/h5-6,9H,4,7-8,10H2,1-3H3. The van der Waals surface area contributed by atoms with Crippen LogP contribution >= 0.6 is 11.8 Å². The van der Waals surface area contributed by atoms with Crippen LogP contribution in [0.5, 0.6) is 5.75 Å². The van der Waals surface area contributed by atoms with Crippen LogP contribution in [0.4, 0.5) is 0 Å². The summed E-state index contributed by atoms with van der Waals surface area (Å²) in [6, 6.07) is 5.20. The molecule has 0 aromatic heterocycles. The largest absolute Gasteiger partial charge is 0.496 e. The molecular weight excluding hydrogens is 292 g/mol. The first kappa shape index (κ1) is 17.4. The third-order valence-electron chi connectivity index (χ3n) is 2.72. The molecule has 0 aliphatic heterocycles. The Labute approximate surface area is 129 Å². The number of hydrogen-bond acceptors (Lipinski definition) is 6. The van der Waals surface area contributed by atoms with Crippen LogP contribution in [-0.2, 0) is 20.0 Å². The zero-order valence-corrected chi connectivity index (χ0v) is 13.3. The second-order valence-electron chi connectivity index (χ2n) is 4.13. The van der Waals surface area contributed by atoms with E-state index in [0.717, 1.165) is 5.56 Å². The van der Waals surface area contributed by atoms with E-state index in [4.69, 9.17) is 9.47 Å². The summed E-state index contributed by atoms with van der Waals surface area (Å²) in [5.74, 6) is 1.44. The number of methoxy groups -OCH3 is 2. The van der Waals surface area contributed by atoms with E-state index in [-0.39, 0.29) is 5.97 Å². The van der Waals surface area contributed by atoms with E-state index >= 15 is 0 Å². The summed E-state index contributed by atoms with van der Waals surface area (Å²) in [5.41, 5.74) is 1.42. The van der Waals surface area contributed by atoms with Gasteiger partial charge in [-0.05, 0) is 19.1 Å². The Morgan fingerprint density at radius 2 is 2.00 bits per heavy atom. The van der Waals surface area contributed by atoms with Gasteiger partial charge in [0.1, 0.15) is 5.75 Å². The van der Waals surface area contributed by atoms with Gasteiger partial charge in [0, 0.05) is 17.1 Å². The summed E-state index contributed by atoms with van der Waals surface area (Å²) in [4.78, 5) is 22.7. The Morgan fingerprint density at radius 1 is 1.24 bits per heavy atom. The molecule has 0 N–H and O–H groups in total. The van der Waals surface area contributed by atoms with Crippen molar-refractivity contribution < 1.29 is 23.8 Å². The number of rotatable bonds is 8. The van der Waals surface area contributed by atoms with Gasteiger partial charge >= 0.3 is 11.9 Å². The van der Waals surface area contributed by atoms with Crippen LogP contribution in [0, 0.1) is 0 Å². The number of esters is 2. The van der Waals surface area contributed by atoms with Crippen molar-refractivity contribution in [2.75, 3.05) is 26.6 Å². The lowest BCUT2D eigenvalue weighted by Crippen LogP contribution is -2.05. The second kappa shape index (κ2) is 9.28. The smallest absolute Gasteiger partial charge is 0.337 e. The Bertz CT molecular complexity index is 487. The molecule has 0 spiro atoms. The van der Waals surface area contributed by atoms with Crippen molar-refractivity contribution in [2.45, 2.75) is 19.1 Å². The molecule has 6 heteroatoms. The molecule has 1 aromatic rings. The van der Waals surface area contributed by atoms with Gasteiger partial charge in [-0.1, -0.05) is 6.07 Å². The van der Waals surface area contributed by atoms with Gasteiger partial charge in [0.25, 0.3) is 0 Å². The van der Waals surface area contributed by atoms with E-state index in [9.17, 15) is 9.59 Å². The molecule has 0 aliphatic carbocycles. The molecular formula is C15H20O5S. The summed E-state index contributed by atoms with van der Waals surface area (Å²) >= 11 is 1.61. The Balaban J connectivity index is 2.55. The van der Waals surface area contributed by atoms with E-state index in [0.29, 0.717) is 35.8 Å². The quantitative estimate of drug-likeness (QED) is 0.543. The number of carbonyl (C=O) groups excluding carboxylic acids is 2. The van der Waals surface area contributed by atoms with E-state index in [1.54, 1.807) is 37.9 Å². The Morgan fingerprint density at radius 3 is 2.62 bits per heavy atom. The van der Waals surface area contributed by atoms with Crippen LogP contribution in [0.1, 0.15) is 29.3 Å². The molecule has 1 aromatic carbocycles. The number of benzene rings is 1. The minimum atomic E-state index is -0.394. The van der Waals surface area contributed by atoms with Crippen LogP contribution in [0.15, 0.2) is 18.2 Å². The Hall–Kier alpha value is -1.69. The molecule has 0 saturated carbocycles. The zero-order chi connectivity index (χ0) is 15.7. The van der Waals surface area contributed by atoms with Crippen LogP contribution in [0.3, 0.4) is 0 Å². The molecule has 0 saturated heterocycles. The summed E-state index contributed by atoms with van der Waals surface area (Å²) < 4.78 is 14.8. The van der Waals surface area contributed by atoms with E-state index in [1.165, 1.54) is 7.11 Å². The van der Waals surface area contributed by atoms with Crippen LogP contribution in [0.25, 0.3) is 0 Å². The lowest BCUT2D eigenvalue weighted by molar-refractivity contribution is -0.142. The average Bonchev–Trinajstić information content (AvgIpc) is 2.51. The zero-order valence-electron chi connectivity index (χ0n) is 12.5. The second-order valence-corrected chi connectivity index (χ2v) is 5.23. The SMILES string of the molecule is CCOC(=O)CCSCc1ccc(C(=O)OC)cc1OC. The minimum Gasteiger partial charge on any atom is -0.496 e. The fourth-order valence-electron chi connectivity index (χ4n) is 1.68. The van der Waals surface area contributed by atoms with Gasteiger partial charge in [0.2, 0.25) is 0 Å². The lowest BCUT2D eigenvalue weighted by Gasteiger charge is -2.10. The number of carbonyl (C=O) groups is 2. The minimum absolute atomic E-state index is 0.182. The molecule has 0 atom stereocenters. The molecule has 0 radical (unpaired) electrons. The predicted molar refractivity (Wildman–Crippen MR) is 81.7 cm³/mol. The molecule has 0 heterocycles. The first-order valence-corrected chi connectivity index (χ1v) is 7.76. The van der Waals surface area contributed by atoms with Gasteiger partial charge in [-0.3, -0.25) is 4.79 Å². The number of thioether (sulfide) groups is 1. The van der Waals surface area contributed by atoms with Crippen molar-refractivity contribution in [2.24, 2.45) is 0 Å². The third-order valence-corrected chi connectivity index (χ3v) is 3.73. The van der Waals surface area contributed by atoms with Crippen molar-refractivity contribution in [3.05, 3.63) is 29.3 Å². The van der Waals surface area contributed by atoms with Crippen molar-refractivity contribution in [1.82, 2.24) is 0 Å². The molecule has 1 rings (SSSR count). The van der Waals surface area contributed by atoms with Crippen LogP contribution in [-0.4, -0.2) is 38.5 Å². The number of ether oxygens (including phenoxy) is 3. The summed E-state index contributed by atoms with van der Waals surface area (Å²) in [6.07, 6.45) is 0.390.